The largest absolute Gasteiger partial charge is 0.439 e. The molecule has 20 heavy (non-hydrogen) atoms. The molecule has 1 amide bonds. The molecule has 3 rings (SSSR count). The lowest BCUT2D eigenvalue weighted by Crippen LogP contribution is -2.25. The standard InChI is InChI=1S/C16H16N2O2/c19-16(18-11-12-7-8-12)13-4-3-5-14(10-13)20-15-6-1-2-9-17-15/h1-6,9-10,12H,7-8,11H2,(H,18,19). The molecule has 102 valence electrons. The Balaban J connectivity index is 1.67. The van der Waals surface area contributed by atoms with Gasteiger partial charge in [-0.2, -0.15) is 0 Å². The minimum atomic E-state index is -0.0524. The van der Waals surface area contributed by atoms with Crippen molar-refractivity contribution < 1.29 is 9.53 Å². The van der Waals surface area contributed by atoms with Crippen LogP contribution in [0.5, 0.6) is 11.6 Å². The minimum absolute atomic E-state index is 0.0524. The van der Waals surface area contributed by atoms with Crippen LogP contribution in [-0.2, 0) is 0 Å². The van der Waals surface area contributed by atoms with Crippen molar-refractivity contribution in [2.45, 2.75) is 12.8 Å². The van der Waals surface area contributed by atoms with Crippen molar-refractivity contribution in [2.75, 3.05) is 6.54 Å². The number of nitrogens with zero attached hydrogens (tertiary/aromatic N) is 1. The SMILES string of the molecule is O=C(NCC1CC1)c1cccc(Oc2ccccn2)c1. The molecular weight excluding hydrogens is 252 g/mol. The van der Waals surface area contributed by atoms with Crippen LogP contribution in [0.4, 0.5) is 0 Å². The number of amides is 1. The predicted octanol–water partition coefficient (Wildman–Crippen LogP) is 3.01. The van der Waals surface area contributed by atoms with E-state index in [9.17, 15) is 4.79 Å². The molecule has 1 aliphatic rings. The van der Waals surface area contributed by atoms with Crippen LogP contribution in [0.1, 0.15) is 23.2 Å². The van der Waals surface area contributed by atoms with Gasteiger partial charge in [-0.1, -0.05) is 12.1 Å². The van der Waals surface area contributed by atoms with Gasteiger partial charge in [0.15, 0.2) is 0 Å². The maximum Gasteiger partial charge on any atom is 0.251 e. The van der Waals surface area contributed by atoms with Gasteiger partial charge in [-0.3, -0.25) is 4.79 Å². The summed E-state index contributed by atoms with van der Waals surface area (Å²) in [5.41, 5.74) is 0.610. The summed E-state index contributed by atoms with van der Waals surface area (Å²) < 4.78 is 5.62. The van der Waals surface area contributed by atoms with E-state index in [0.29, 0.717) is 23.1 Å². The Bertz CT molecular complexity index is 594. The van der Waals surface area contributed by atoms with Crippen LogP contribution in [-0.4, -0.2) is 17.4 Å². The van der Waals surface area contributed by atoms with Crippen molar-refractivity contribution >= 4 is 5.91 Å². The molecule has 1 fully saturated rings. The fourth-order valence-corrected chi connectivity index (χ4v) is 1.89. The lowest BCUT2D eigenvalue weighted by atomic mass is 10.2. The number of hydrogen-bond donors (Lipinski definition) is 1. The van der Waals surface area contributed by atoms with Crippen LogP contribution in [0.3, 0.4) is 0 Å². The van der Waals surface area contributed by atoms with Crippen LogP contribution in [0.2, 0.25) is 0 Å². The molecule has 1 aromatic heterocycles. The molecule has 2 aromatic rings. The molecule has 0 atom stereocenters. The van der Waals surface area contributed by atoms with E-state index in [0.717, 1.165) is 6.54 Å². The van der Waals surface area contributed by atoms with E-state index in [2.05, 4.69) is 10.3 Å². The summed E-state index contributed by atoms with van der Waals surface area (Å²) in [6.45, 7) is 0.768. The average molecular weight is 268 g/mol. The van der Waals surface area contributed by atoms with E-state index < -0.39 is 0 Å². The van der Waals surface area contributed by atoms with E-state index in [4.69, 9.17) is 4.74 Å². The van der Waals surface area contributed by atoms with Crippen molar-refractivity contribution in [1.29, 1.82) is 0 Å². The van der Waals surface area contributed by atoms with Crippen LogP contribution in [0.15, 0.2) is 48.7 Å². The van der Waals surface area contributed by atoms with E-state index in [1.54, 1.807) is 24.4 Å². The Kier molecular flexibility index (Phi) is 3.63. The molecule has 1 heterocycles. The normalized spacial score (nSPS) is 13.8. The number of benzene rings is 1. The summed E-state index contributed by atoms with van der Waals surface area (Å²) in [7, 11) is 0. The van der Waals surface area contributed by atoms with Crippen LogP contribution in [0.25, 0.3) is 0 Å². The van der Waals surface area contributed by atoms with Crippen LogP contribution in [0, 0.1) is 5.92 Å². The Morgan fingerprint density at radius 3 is 2.90 bits per heavy atom. The lowest BCUT2D eigenvalue weighted by Gasteiger charge is -2.07. The van der Waals surface area contributed by atoms with Gasteiger partial charge in [0.25, 0.3) is 5.91 Å². The molecule has 4 nitrogen and oxygen atoms in total. The summed E-state index contributed by atoms with van der Waals surface area (Å²) in [5, 5.41) is 2.94. The third-order valence-electron chi connectivity index (χ3n) is 3.20. The van der Waals surface area contributed by atoms with Gasteiger partial charge >= 0.3 is 0 Å². The van der Waals surface area contributed by atoms with Crippen molar-refractivity contribution in [3.8, 4) is 11.6 Å². The second-order valence-corrected chi connectivity index (χ2v) is 4.95. The Hall–Kier alpha value is -2.36. The van der Waals surface area contributed by atoms with E-state index >= 15 is 0 Å². The molecule has 1 N–H and O–H groups in total. The van der Waals surface area contributed by atoms with E-state index in [1.807, 2.05) is 24.3 Å². The first-order chi connectivity index (χ1) is 9.81. The monoisotopic (exact) mass is 268 g/mol. The summed E-state index contributed by atoms with van der Waals surface area (Å²) in [5.74, 6) is 1.75. The Morgan fingerprint density at radius 1 is 1.25 bits per heavy atom. The van der Waals surface area contributed by atoms with Gasteiger partial charge in [0.2, 0.25) is 5.88 Å². The molecule has 1 aliphatic carbocycles. The van der Waals surface area contributed by atoms with Gasteiger partial charge in [-0.15, -0.1) is 0 Å². The first-order valence-corrected chi connectivity index (χ1v) is 6.78. The lowest BCUT2D eigenvalue weighted by molar-refractivity contribution is 0.0951. The smallest absolute Gasteiger partial charge is 0.251 e. The highest BCUT2D eigenvalue weighted by molar-refractivity contribution is 5.94. The molecule has 1 aromatic carbocycles. The molecule has 0 aliphatic heterocycles. The predicted molar refractivity (Wildman–Crippen MR) is 75.8 cm³/mol. The number of rotatable bonds is 5. The maximum atomic E-state index is 12.0. The van der Waals surface area contributed by atoms with Crippen molar-refractivity contribution in [2.24, 2.45) is 5.92 Å². The van der Waals surface area contributed by atoms with Gasteiger partial charge in [0.05, 0.1) is 0 Å². The van der Waals surface area contributed by atoms with Gasteiger partial charge in [0.1, 0.15) is 5.75 Å². The second kappa shape index (κ2) is 5.74. The van der Waals surface area contributed by atoms with Crippen LogP contribution < -0.4 is 10.1 Å². The Labute approximate surface area is 117 Å². The van der Waals surface area contributed by atoms with Gasteiger partial charge in [-0.25, -0.2) is 4.98 Å². The molecule has 1 saturated carbocycles. The first-order valence-electron chi connectivity index (χ1n) is 6.78. The number of hydrogen-bond acceptors (Lipinski definition) is 3. The topological polar surface area (TPSA) is 51.2 Å². The van der Waals surface area contributed by atoms with Crippen molar-refractivity contribution in [1.82, 2.24) is 10.3 Å². The van der Waals surface area contributed by atoms with Gasteiger partial charge < -0.3 is 10.1 Å². The Morgan fingerprint density at radius 2 is 2.15 bits per heavy atom. The number of nitrogens with one attached hydrogen (secondary N) is 1. The first kappa shape index (κ1) is 12.7. The molecule has 0 saturated heterocycles. The zero-order valence-corrected chi connectivity index (χ0v) is 11.1. The molecule has 0 unspecified atom stereocenters. The number of aromatic nitrogens is 1. The summed E-state index contributed by atoms with van der Waals surface area (Å²) in [6.07, 6.45) is 4.12. The highest BCUT2D eigenvalue weighted by atomic mass is 16.5. The molecular formula is C16H16N2O2. The van der Waals surface area contributed by atoms with Gasteiger partial charge in [-0.05, 0) is 43.0 Å². The number of carbonyl (C=O) groups is 1. The summed E-state index contributed by atoms with van der Waals surface area (Å²) in [4.78, 5) is 16.1. The average Bonchev–Trinajstić information content (AvgIpc) is 3.30. The third kappa shape index (κ3) is 3.35. The fourth-order valence-electron chi connectivity index (χ4n) is 1.89. The molecule has 0 radical (unpaired) electrons. The maximum absolute atomic E-state index is 12.0. The number of pyridine rings is 1. The highest BCUT2D eigenvalue weighted by Crippen LogP contribution is 2.27. The number of carbonyl (C=O) groups excluding carboxylic acids is 1. The zero-order valence-electron chi connectivity index (χ0n) is 11.1. The zero-order chi connectivity index (χ0) is 13.8. The second-order valence-electron chi connectivity index (χ2n) is 4.95. The number of ether oxygens (including phenoxy) is 1. The van der Waals surface area contributed by atoms with Crippen molar-refractivity contribution in [3.05, 3.63) is 54.2 Å². The molecule has 0 spiro atoms. The summed E-state index contributed by atoms with van der Waals surface area (Å²) >= 11 is 0. The summed E-state index contributed by atoms with van der Waals surface area (Å²) in [6, 6.07) is 12.6. The van der Waals surface area contributed by atoms with E-state index in [-0.39, 0.29) is 5.91 Å². The van der Waals surface area contributed by atoms with Crippen molar-refractivity contribution in [3.63, 3.8) is 0 Å². The minimum Gasteiger partial charge on any atom is -0.439 e. The quantitative estimate of drug-likeness (QED) is 0.906. The van der Waals surface area contributed by atoms with E-state index in [1.165, 1.54) is 12.8 Å². The molecule has 0 bridgehead atoms. The fraction of sp³-hybridized carbons (Fsp3) is 0.250. The van der Waals surface area contributed by atoms with Crippen LogP contribution >= 0.6 is 0 Å². The molecule has 4 heteroatoms. The van der Waals surface area contributed by atoms with Gasteiger partial charge in [0, 0.05) is 24.4 Å². The third-order valence-corrected chi connectivity index (χ3v) is 3.20. The highest BCUT2D eigenvalue weighted by Gasteiger charge is 2.21.